The van der Waals surface area contributed by atoms with E-state index in [1.54, 1.807) is 53.6 Å². The van der Waals surface area contributed by atoms with E-state index in [0.29, 0.717) is 42.6 Å². The van der Waals surface area contributed by atoms with E-state index < -0.39 is 15.4 Å². The van der Waals surface area contributed by atoms with E-state index in [-0.39, 0.29) is 22.5 Å². The number of piperidine rings is 1. The Hall–Kier alpha value is -2.77. The number of aromatic nitrogens is 1. The largest absolute Gasteiger partial charge is 0.389 e. The van der Waals surface area contributed by atoms with Gasteiger partial charge >= 0.3 is 0 Å². The standard InChI is InChI=1S/C25H28N2O4S/c1-18(2)25(29)12-15-27(16-13-25)24(28)21-10-8-19(9-11-21)17-32(30,31)22-7-3-5-20-6-4-14-26-23(20)22/h3-11,14,18,29H,12-13,15-17H2,1-2H3. The van der Waals surface area contributed by atoms with Crippen LogP contribution in [-0.4, -0.2) is 48.0 Å². The zero-order valence-corrected chi connectivity index (χ0v) is 19.2. The molecule has 0 radical (unpaired) electrons. The predicted molar refractivity (Wildman–Crippen MR) is 124 cm³/mol. The van der Waals surface area contributed by atoms with Crippen LogP contribution in [0.2, 0.25) is 0 Å². The summed E-state index contributed by atoms with van der Waals surface area (Å²) in [4.78, 5) is 19.1. The summed E-state index contributed by atoms with van der Waals surface area (Å²) in [6.45, 7) is 5.02. The van der Waals surface area contributed by atoms with Gasteiger partial charge in [0.15, 0.2) is 9.84 Å². The lowest BCUT2D eigenvalue weighted by atomic mass is 9.81. The maximum Gasteiger partial charge on any atom is 0.253 e. The van der Waals surface area contributed by atoms with E-state index >= 15 is 0 Å². The third kappa shape index (κ3) is 4.40. The summed E-state index contributed by atoms with van der Waals surface area (Å²) >= 11 is 0. The lowest BCUT2D eigenvalue weighted by Crippen LogP contribution is -2.49. The summed E-state index contributed by atoms with van der Waals surface area (Å²) in [5.74, 6) is -0.108. The van der Waals surface area contributed by atoms with Crippen LogP contribution in [0.5, 0.6) is 0 Å². The Balaban J connectivity index is 1.48. The molecule has 1 aromatic heterocycles. The third-order valence-corrected chi connectivity index (χ3v) is 8.19. The Labute approximate surface area is 188 Å². The van der Waals surface area contributed by atoms with Crippen molar-refractivity contribution in [3.8, 4) is 0 Å². The first-order chi connectivity index (χ1) is 15.2. The molecule has 2 heterocycles. The van der Waals surface area contributed by atoms with Crippen LogP contribution in [0.25, 0.3) is 10.9 Å². The minimum Gasteiger partial charge on any atom is -0.389 e. The molecule has 1 aliphatic rings. The number of hydrogen-bond donors (Lipinski definition) is 1. The van der Waals surface area contributed by atoms with Crippen molar-refractivity contribution >= 4 is 26.6 Å². The van der Waals surface area contributed by atoms with Gasteiger partial charge in [-0.15, -0.1) is 0 Å². The van der Waals surface area contributed by atoms with Gasteiger partial charge in [0.25, 0.3) is 5.91 Å². The number of carbonyl (C=O) groups excluding carboxylic acids is 1. The molecule has 4 rings (SSSR count). The molecule has 6 nitrogen and oxygen atoms in total. The number of rotatable bonds is 5. The number of nitrogens with zero attached hydrogens (tertiary/aromatic N) is 2. The lowest BCUT2D eigenvalue weighted by Gasteiger charge is -2.40. The van der Waals surface area contributed by atoms with E-state index in [1.807, 2.05) is 26.0 Å². The summed E-state index contributed by atoms with van der Waals surface area (Å²) in [5.41, 5.74) is 0.884. The van der Waals surface area contributed by atoms with Crippen molar-refractivity contribution < 1.29 is 18.3 Å². The Kier molecular flexibility index (Phi) is 6.05. The predicted octanol–water partition coefficient (Wildman–Crippen LogP) is 3.83. The van der Waals surface area contributed by atoms with Crippen LogP contribution < -0.4 is 0 Å². The minimum atomic E-state index is -3.60. The van der Waals surface area contributed by atoms with Gasteiger partial charge in [0, 0.05) is 30.2 Å². The Bertz CT molecular complexity index is 1220. The van der Waals surface area contributed by atoms with Crippen molar-refractivity contribution in [2.45, 2.75) is 42.9 Å². The first-order valence-electron chi connectivity index (χ1n) is 10.9. The molecule has 3 aromatic rings. The molecule has 0 saturated carbocycles. The van der Waals surface area contributed by atoms with Crippen molar-refractivity contribution in [2.24, 2.45) is 5.92 Å². The normalized spacial score (nSPS) is 16.4. The Morgan fingerprint density at radius 1 is 1.06 bits per heavy atom. The zero-order valence-electron chi connectivity index (χ0n) is 18.4. The molecule has 0 aliphatic carbocycles. The van der Waals surface area contributed by atoms with Gasteiger partial charge in [-0.1, -0.05) is 44.2 Å². The third-order valence-electron chi connectivity index (χ3n) is 6.48. The van der Waals surface area contributed by atoms with E-state index in [9.17, 15) is 18.3 Å². The van der Waals surface area contributed by atoms with E-state index in [4.69, 9.17) is 0 Å². The number of carbonyl (C=O) groups is 1. The molecule has 0 atom stereocenters. The Morgan fingerprint density at radius 3 is 2.38 bits per heavy atom. The molecular weight excluding hydrogens is 424 g/mol. The van der Waals surface area contributed by atoms with Crippen molar-refractivity contribution in [2.75, 3.05) is 13.1 Å². The topological polar surface area (TPSA) is 87.6 Å². The van der Waals surface area contributed by atoms with Gasteiger partial charge in [-0.05, 0) is 48.6 Å². The smallest absolute Gasteiger partial charge is 0.253 e. The van der Waals surface area contributed by atoms with Crippen LogP contribution in [0.3, 0.4) is 0 Å². The van der Waals surface area contributed by atoms with Gasteiger partial charge in [0.2, 0.25) is 0 Å². The van der Waals surface area contributed by atoms with Gasteiger partial charge < -0.3 is 10.0 Å². The fourth-order valence-corrected chi connectivity index (χ4v) is 5.76. The summed E-state index contributed by atoms with van der Waals surface area (Å²) in [6, 6.07) is 15.5. The maximum atomic E-state index is 13.1. The fraction of sp³-hybridized carbons (Fsp3) is 0.360. The molecule has 1 aliphatic heterocycles. The number of sulfone groups is 1. The zero-order chi connectivity index (χ0) is 22.9. The number of aliphatic hydroxyl groups is 1. The number of pyridine rings is 1. The van der Waals surface area contributed by atoms with Crippen LogP contribution in [0, 0.1) is 5.92 Å². The maximum absolute atomic E-state index is 13.1. The quantitative estimate of drug-likeness (QED) is 0.636. The van der Waals surface area contributed by atoms with Gasteiger partial charge in [0.05, 0.1) is 21.8 Å². The lowest BCUT2D eigenvalue weighted by molar-refractivity contribution is -0.0512. The van der Waals surface area contributed by atoms with Crippen LogP contribution >= 0.6 is 0 Å². The van der Waals surface area contributed by atoms with Crippen molar-refractivity contribution in [1.82, 2.24) is 9.88 Å². The van der Waals surface area contributed by atoms with Gasteiger partial charge in [0.1, 0.15) is 0 Å². The van der Waals surface area contributed by atoms with Crippen molar-refractivity contribution in [3.05, 3.63) is 71.9 Å². The first-order valence-corrected chi connectivity index (χ1v) is 12.5. The summed E-state index contributed by atoms with van der Waals surface area (Å²) in [6.07, 6.45) is 2.71. The highest BCUT2D eigenvalue weighted by molar-refractivity contribution is 7.90. The minimum absolute atomic E-state index is 0.0940. The second-order valence-electron chi connectivity index (χ2n) is 8.84. The number of benzene rings is 2. The average Bonchev–Trinajstić information content (AvgIpc) is 2.79. The monoisotopic (exact) mass is 452 g/mol. The van der Waals surface area contributed by atoms with Gasteiger partial charge in [-0.2, -0.15) is 0 Å². The highest BCUT2D eigenvalue weighted by atomic mass is 32.2. The highest BCUT2D eigenvalue weighted by Gasteiger charge is 2.36. The molecule has 1 amide bonds. The molecular formula is C25H28N2O4S. The van der Waals surface area contributed by atoms with E-state index in [1.165, 1.54) is 0 Å². The molecule has 1 N–H and O–H groups in total. The number of amides is 1. The molecule has 1 saturated heterocycles. The Morgan fingerprint density at radius 2 is 1.72 bits per heavy atom. The number of hydrogen-bond acceptors (Lipinski definition) is 5. The molecule has 2 aromatic carbocycles. The number of likely N-dealkylation sites (tertiary alicyclic amines) is 1. The van der Waals surface area contributed by atoms with E-state index in [0.717, 1.165) is 5.39 Å². The molecule has 168 valence electrons. The van der Waals surface area contributed by atoms with Crippen LogP contribution in [0.1, 0.15) is 42.6 Å². The molecule has 0 bridgehead atoms. The number of fused-ring (bicyclic) bond motifs is 1. The summed E-state index contributed by atoms with van der Waals surface area (Å²) in [5, 5.41) is 11.4. The van der Waals surface area contributed by atoms with Crippen LogP contribution in [0.4, 0.5) is 0 Å². The van der Waals surface area contributed by atoms with Crippen molar-refractivity contribution in [1.29, 1.82) is 0 Å². The first kappa shape index (κ1) is 22.4. The fourth-order valence-electron chi connectivity index (χ4n) is 4.22. The molecule has 32 heavy (non-hydrogen) atoms. The highest BCUT2D eigenvalue weighted by Crippen LogP contribution is 2.30. The van der Waals surface area contributed by atoms with Crippen LogP contribution in [-0.2, 0) is 15.6 Å². The van der Waals surface area contributed by atoms with Crippen LogP contribution in [0.15, 0.2) is 65.7 Å². The summed E-state index contributed by atoms with van der Waals surface area (Å²) < 4.78 is 26.1. The van der Waals surface area contributed by atoms with Gasteiger partial charge in [-0.3, -0.25) is 9.78 Å². The number of para-hydroxylation sites is 1. The molecule has 0 spiro atoms. The van der Waals surface area contributed by atoms with Crippen molar-refractivity contribution in [3.63, 3.8) is 0 Å². The summed E-state index contributed by atoms with van der Waals surface area (Å²) in [7, 11) is -3.60. The molecule has 1 fully saturated rings. The molecule has 0 unspecified atom stereocenters. The SMILES string of the molecule is CC(C)C1(O)CCN(C(=O)c2ccc(CS(=O)(=O)c3cccc4cccnc34)cc2)CC1. The van der Waals surface area contributed by atoms with E-state index in [2.05, 4.69) is 4.98 Å². The second-order valence-corrected chi connectivity index (χ2v) is 10.8. The second kappa shape index (κ2) is 8.64. The molecule has 7 heteroatoms. The average molecular weight is 453 g/mol. The van der Waals surface area contributed by atoms with Gasteiger partial charge in [-0.25, -0.2) is 8.42 Å².